The molecule has 0 spiro atoms. The Labute approximate surface area is 185 Å². The zero-order chi connectivity index (χ0) is 19.1. The number of likely N-dealkylation sites (tertiary alicyclic amines) is 1. The zero-order valence-electron chi connectivity index (χ0n) is 17.1. The molecule has 7 nitrogen and oxygen atoms in total. The summed E-state index contributed by atoms with van der Waals surface area (Å²) in [6.07, 6.45) is 5.05. The lowest BCUT2D eigenvalue weighted by molar-refractivity contribution is -0.130. The first-order valence-electron chi connectivity index (χ1n) is 10.2. The summed E-state index contributed by atoms with van der Waals surface area (Å²) in [6.45, 7) is 11.0. The Morgan fingerprint density at radius 1 is 1.25 bits per heavy atom. The molecule has 1 atom stereocenters. The number of carbonyl (C=O) groups is 1. The SMILES string of the molecule is CCN1CCCC1CN=C(NCCc1ccco1)N1CCN(C(C)=O)CC1.I. The number of halogens is 1. The van der Waals surface area contributed by atoms with Crippen molar-refractivity contribution in [2.75, 3.05) is 52.4 Å². The molecule has 28 heavy (non-hydrogen) atoms. The number of amides is 1. The van der Waals surface area contributed by atoms with Crippen molar-refractivity contribution in [3.63, 3.8) is 0 Å². The highest BCUT2D eigenvalue weighted by Gasteiger charge is 2.24. The Hall–Kier alpha value is -1.29. The van der Waals surface area contributed by atoms with E-state index >= 15 is 0 Å². The molecule has 0 bridgehead atoms. The normalized spacial score (nSPS) is 20.9. The van der Waals surface area contributed by atoms with Crippen LogP contribution < -0.4 is 5.32 Å². The number of rotatable bonds is 6. The van der Waals surface area contributed by atoms with Crippen molar-refractivity contribution in [1.29, 1.82) is 0 Å². The summed E-state index contributed by atoms with van der Waals surface area (Å²) < 4.78 is 5.43. The highest BCUT2D eigenvalue weighted by molar-refractivity contribution is 14.0. The van der Waals surface area contributed by atoms with E-state index in [1.807, 2.05) is 17.0 Å². The number of furan rings is 1. The fourth-order valence-electron chi connectivity index (χ4n) is 3.96. The van der Waals surface area contributed by atoms with Gasteiger partial charge in [0, 0.05) is 52.1 Å². The van der Waals surface area contributed by atoms with Gasteiger partial charge in [0.05, 0.1) is 12.8 Å². The maximum Gasteiger partial charge on any atom is 0.219 e. The number of nitrogens with one attached hydrogen (secondary N) is 1. The molecule has 1 aromatic rings. The van der Waals surface area contributed by atoms with Crippen LogP contribution in [0.1, 0.15) is 32.4 Å². The molecule has 3 heterocycles. The molecule has 0 aliphatic carbocycles. The van der Waals surface area contributed by atoms with E-state index in [4.69, 9.17) is 9.41 Å². The lowest BCUT2D eigenvalue weighted by Gasteiger charge is -2.36. The number of nitrogens with zero attached hydrogens (tertiary/aromatic N) is 4. The molecule has 1 N–H and O–H groups in total. The monoisotopic (exact) mass is 503 g/mol. The molecule has 1 amide bonds. The maximum atomic E-state index is 11.6. The van der Waals surface area contributed by atoms with Gasteiger partial charge in [0.15, 0.2) is 5.96 Å². The second kappa shape index (κ2) is 11.6. The van der Waals surface area contributed by atoms with Gasteiger partial charge in [-0.2, -0.15) is 0 Å². The van der Waals surface area contributed by atoms with Crippen LogP contribution in [0.25, 0.3) is 0 Å². The minimum atomic E-state index is 0. The Kier molecular flexibility index (Phi) is 9.57. The topological polar surface area (TPSA) is 64.3 Å². The fraction of sp³-hybridized carbons (Fsp3) is 0.700. The standard InChI is InChI=1S/C20H33N5O2.HI/c1-3-23-10-4-6-18(23)16-22-20(21-9-8-19-7-5-15-27-19)25-13-11-24(12-14-25)17(2)26;/h5,7,15,18H,3-4,6,8-14,16H2,1-2H3,(H,21,22);1H. The number of hydrogen-bond acceptors (Lipinski definition) is 4. The lowest BCUT2D eigenvalue weighted by Crippen LogP contribution is -2.53. The maximum absolute atomic E-state index is 11.6. The Bertz CT molecular complexity index is 614. The van der Waals surface area contributed by atoms with Crippen LogP contribution in [0.3, 0.4) is 0 Å². The van der Waals surface area contributed by atoms with Crippen molar-refractivity contribution in [3.05, 3.63) is 24.2 Å². The predicted octanol–water partition coefficient (Wildman–Crippen LogP) is 2.03. The van der Waals surface area contributed by atoms with E-state index in [-0.39, 0.29) is 29.9 Å². The number of aliphatic imine (C=N–C) groups is 1. The minimum absolute atomic E-state index is 0. The van der Waals surface area contributed by atoms with Gasteiger partial charge in [0.25, 0.3) is 0 Å². The summed E-state index contributed by atoms with van der Waals surface area (Å²) in [5.74, 6) is 2.10. The van der Waals surface area contributed by atoms with Crippen LogP contribution in [0.2, 0.25) is 0 Å². The van der Waals surface area contributed by atoms with Crippen molar-refractivity contribution >= 4 is 35.8 Å². The predicted molar refractivity (Wildman–Crippen MR) is 122 cm³/mol. The summed E-state index contributed by atoms with van der Waals surface area (Å²) in [4.78, 5) is 23.3. The third-order valence-electron chi connectivity index (χ3n) is 5.62. The zero-order valence-corrected chi connectivity index (χ0v) is 19.4. The highest BCUT2D eigenvalue weighted by Crippen LogP contribution is 2.17. The second-order valence-corrected chi connectivity index (χ2v) is 7.34. The third kappa shape index (κ3) is 6.37. The van der Waals surface area contributed by atoms with Gasteiger partial charge in [-0.3, -0.25) is 14.7 Å². The minimum Gasteiger partial charge on any atom is -0.469 e. The smallest absolute Gasteiger partial charge is 0.219 e. The first-order valence-corrected chi connectivity index (χ1v) is 10.2. The Balaban J connectivity index is 0.00000280. The van der Waals surface area contributed by atoms with Crippen molar-refractivity contribution < 1.29 is 9.21 Å². The summed E-state index contributed by atoms with van der Waals surface area (Å²) in [5.41, 5.74) is 0. The fourth-order valence-corrected chi connectivity index (χ4v) is 3.96. The largest absolute Gasteiger partial charge is 0.469 e. The third-order valence-corrected chi connectivity index (χ3v) is 5.62. The molecule has 0 aromatic carbocycles. The van der Waals surface area contributed by atoms with Crippen LogP contribution in [0.5, 0.6) is 0 Å². The molecule has 2 aliphatic heterocycles. The van der Waals surface area contributed by atoms with Gasteiger partial charge in [0.1, 0.15) is 5.76 Å². The van der Waals surface area contributed by atoms with E-state index in [9.17, 15) is 4.79 Å². The molecule has 2 fully saturated rings. The van der Waals surface area contributed by atoms with E-state index in [0.29, 0.717) is 6.04 Å². The second-order valence-electron chi connectivity index (χ2n) is 7.34. The molecule has 0 saturated carbocycles. The number of hydrogen-bond donors (Lipinski definition) is 1. The van der Waals surface area contributed by atoms with E-state index < -0.39 is 0 Å². The number of carbonyl (C=O) groups excluding carboxylic acids is 1. The van der Waals surface area contributed by atoms with E-state index in [2.05, 4.69) is 22.0 Å². The van der Waals surface area contributed by atoms with Crippen LogP contribution >= 0.6 is 24.0 Å². The van der Waals surface area contributed by atoms with Gasteiger partial charge in [0.2, 0.25) is 5.91 Å². The summed E-state index contributed by atoms with van der Waals surface area (Å²) >= 11 is 0. The van der Waals surface area contributed by atoms with Gasteiger partial charge in [-0.15, -0.1) is 24.0 Å². The molecule has 158 valence electrons. The molecule has 2 aliphatic rings. The van der Waals surface area contributed by atoms with Gasteiger partial charge in [-0.25, -0.2) is 0 Å². The van der Waals surface area contributed by atoms with Crippen molar-refractivity contribution in [2.45, 2.75) is 39.2 Å². The number of likely N-dealkylation sites (N-methyl/N-ethyl adjacent to an activating group) is 1. The van der Waals surface area contributed by atoms with Crippen LogP contribution in [-0.4, -0.2) is 85.0 Å². The van der Waals surface area contributed by atoms with E-state index in [0.717, 1.165) is 64.0 Å². The molecule has 0 radical (unpaired) electrons. The molecule has 3 rings (SSSR count). The van der Waals surface area contributed by atoms with Crippen LogP contribution in [0.15, 0.2) is 27.8 Å². The number of guanidine groups is 1. The average Bonchev–Trinajstić information content (AvgIpc) is 3.36. The first-order chi connectivity index (χ1) is 13.2. The Morgan fingerprint density at radius 2 is 2.00 bits per heavy atom. The highest BCUT2D eigenvalue weighted by atomic mass is 127. The summed E-state index contributed by atoms with van der Waals surface area (Å²) in [5, 5.41) is 3.52. The first kappa shape index (κ1) is 23.0. The van der Waals surface area contributed by atoms with Crippen molar-refractivity contribution in [2.24, 2.45) is 4.99 Å². The van der Waals surface area contributed by atoms with Crippen LogP contribution in [0, 0.1) is 0 Å². The van der Waals surface area contributed by atoms with E-state index in [1.54, 1.807) is 13.2 Å². The Morgan fingerprint density at radius 3 is 2.64 bits per heavy atom. The van der Waals surface area contributed by atoms with Gasteiger partial charge >= 0.3 is 0 Å². The molecular formula is C20H34IN5O2. The van der Waals surface area contributed by atoms with Crippen LogP contribution in [0.4, 0.5) is 0 Å². The molecular weight excluding hydrogens is 469 g/mol. The molecule has 1 aromatic heterocycles. The quantitative estimate of drug-likeness (QED) is 0.366. The lowest BCUT2D eigenvalue weighted by atomic mass is 10.2. The molecule has 2 saturated heterocycles. The molecule has 1 unspecified atom stereocenters. The molecule has 8 heteroatoms. The van der Waals surface area contributed by atoms with Crippen molar-refractivity contribution in [1.82, 2.24) is 20.0 Å². The van der Waals surface area contributed by atoms with E-state index in [1.165, 1.54) is 19.4 Å². The van der Waals surface area contributed by atoms with Gasteiger partial charge < -0.3 is 19.5 Å². The summed E-state index contributed by atoms with van der Waals surface area (Å²) in [6, 6.07) is 4.47. The average molecular weight is 503 g/mol. The number of piperazine rings is 1. The van der Waals surface area contributed by atoms with Crippen molar-refractivity contribution in [3.8, 4) is 0 Å². The van der Waals surface area contributed by atoms with Crippen LogP contribution in [-0.2, 0) is 11.2 Å². The van der Waals surface area contributed by atoms with Gasteiger partial charge in [-0.05, 0) is 38.1 Å². The summed E-state index contributed by atoms with van der Waals surface area (Å²) in [7, 11) is 0. The van der Waals surface area contributed by atoms with Gasteiger partial charge in [-0.1, -0.05) is 6.92 Å².